The van der Waals surface area contributed by atoms with E-state index in [1.54, 1.807) is 0 Å². The molecule has 2 heterocycles. The normalized spacial score (nSPS) is 11.7. The Morgan fingerprint density at radius 2 is 2.05 bits per heavy atom. The van der Waals surface area contributed by atoms with Gasteiger partial charge >= 0.3 is 12.2 Å². The maximum Gasteiger partial charge on any atom is 0.435 e. The van der Waals surface area contributed by atoms with Crippen molar-refractivity contribution in [3.63, 3.8) is 0 Å². The van der Waals surface area contributed by atoms with Crippen LogP contribution in [-0.4, -0.2) is 31.3 Å². The molecule has 108 valence electrons. The minimum Gasteiger partial charge on any atom is -0.463 e. The Labute approximate surface area is 116 Å². The summed E-state index contributed by atoms with van der Waals surface area (Å²) in [6, 6.07) is 0.746. The zero-order valence-corrected chi connectivity index (χ0v) is 11.0. The maximum atomic E-state index is 12.5. The van der Waals surface area contributed by atoms with Crippen molar-refractivity contribution in [1.29, 1.82) is 0 Å². The van der Waals surface area contributed by atoms with Crippen LogP contribution in [0.25, 0.3) is 5.95 Å². The van der Waals surface area contributed by atoms with Crippen molar-refractivity contribution in [2.75, 3.05) is 6.61 Å². The number of hydrogen-bond acceptors (Lipinski definition) is 5. The molecular weight excluding hydrogens is 299 g/mol. The van der Waals surface area contributed by atoms with E-state index in [4.69, 9.17) is 16.3 Å². The Morgan fingerprint density at radius 1 is 1.30 bits per heavy atom. The summed E-state index contributed by atoms with van der Waals surface area (Å²) in [5.41, 5.74) is -1.05. The second-order valence-corrected chi connectivity index (χ2v) is 4.02. The summed E-state index contributed by atoms with van der Waals surface area (Å²) in [5, 5.41) is 3.15. The molecule has 0 N–H and O–H groups in total. The lowest BCUT2D eigenvalue weighted by molar-refractivity contribution is -0.141. The summed E-state index contributed by atoms with van der Waals surface area (Å²) in [7, 11) is 0. The quantitative estimate of drug-likeness (QED) is 0.868. The van der Waals surface area contributed by atoms with Crippen LogP contribution in [0.2, 0.25) is 5.28 Å². The monoisotopic (exact) mass is 307 g/mol. The van der Waals surface area contributed by atoms with Gasteiger partial charge in [-0.3, -0.25) is 0 Å². The molecule has 6 nitrogen and oxygen atoms in total. The van der Waals surface area contributed by atoms with Crippen molar-refractivity contribution >= 4 is 11.6 Å². The van der Waals surface area contributed by atoms with E-state index in [1.807, 2.05) is 6.92 Å². The molecule has 2 aromatic heterocycles. The molecule has 0 aromatic carbocycles. The lowest BCUT2D eigenvalue weighted by atomic mass is 10.4. The second-order valence-electron chi connectivity index (χ2n) is 3.68. The third kappa shape index (κ3) is 3.35. The Balaban J connectivity index is 2.32. The number of hydrogen-bond donors (Lipinski definition) is 0. The topological polar surface area (TPSA) is 65.7 Å². The fourth-order valence-electron chi connectivity index (χ4n) is 1.27. The van der Waals surface area contributed by atoms with Gasteiger partial charge in [-0.15, -0.1) is 0 Å². The van der Waals surface area contributed by atoms with Crippen molar-refractivity contribution in [3.8, 4) is 12.0 Å². The Kier molecular flexibility index (Phi) is 4.07. The molecule has 0 saturated heterocycles. The zero-order chi connectivity index (χ0) is 14.8. The molecule has 0 spiro atoms. The highest BCUT2D eigenvalue weighted by Crippen LogP contribution is 2.27. The summed E-state index contributed by atoms with van der Waals surface area (Å²) in [4.78, 5) is 11.3. The first-order valence-electron chi connectivity index (χ1n) is 5.57. The van der Waals surface area contributed by atoms with Crippen LogP contribution in [-0.2, 0) is 6.18 Å². The summed E-state index contributed by atoms with van der Waals surface area (Å²) >= 11 is 5.67. The highest BCUT2D eigenvalue weighted by atomic mass is 35.5. The van der Waals surface area contributed by atoms with Gasteiger partial charge in [0, 0.05) is 6.20 Å². The van der Waals surface area contributed by atoms with E-state index in [2.05, 4.69) is 20.1 Å². The molecule has 0 amide bonds. The van der Waals surface area contributed by atoms with Gasteiger partial charge in [0.25, 0.3) is 5.95 Å². The number of halogens is 4. The fourth-order valence-corrected chi connectivity index (χ4v) is 1.42. The highest BCUT2D eigenvalue weighted by Gasteiger charge is 2.33. The largest absolute Gasteiger partial charge is 0.463 e. The molecule has 2 rings (SSSR count). The molecule has 0 saturated carbocycles. The standard InChI is InChI=1S/C10H9ClF3N5O/c1-2-5-20-9-16-7(11)15-8(17-9)19-4-3-6(18-19)10(12,13)14/h3-4H,2,5H2,1H3. The molecule has 0 fully saturated rings. The number of rotatable bonds is 4. The van der Waals surface area contributed by atoms with Crippen LogP contribution >= 0.6 is 11.6 Å². The van der Waals surface area contributed by atoms with E-state index in [0.717, 1.165) is 23.4 Å². The van der Waals surface area contributed by atoms with Gasteiger partial charge < -0.3 is 4.74 Å². The number of alkyl halides is 3. The lowest BCUT2D eigenvalue weighted by Gasteiger charge is -2.05. The molecular formula is C10H9ClF3N5O. The van der Waals surface area contributed by atoms with E-state index >= 15 is 0 Å². The minimum absolute atomic E-state index is 0.0640. The molecule has 0 unspecified atom stereocenters. The third-order valence-corrected chi connectivity index (χ3v) is 2.26. The van der Waals surface area contributed by atoms with E-state index in [-0.39, 0.29) is 17.2 Å². The summed E-state index contributed by atoms with van der Waals surface area (Å²) in [6.45, 7) is 2.24. The van der Waals surface area contributed by atoms with Gasteiger partial charge in [0.2, 0.25) is 5.28 Å². The summed E-state index contributed by atoms with van der Waals surface area (Å²) in [6.07, 6.45) is -2.74. The van der Waals surface area contributed by atoms with Gasteiger partial charge in [0.05, 0.1) is 6.61 Å². The van der Waals surface area contributed by atoms with Gasteiger partial charge in [-0.2, -0.15) is 33.2 Å². The average Bonchev–Trinajstić information content (AvgIpc) is 2.85. The van der Waals surface area contributed by atoms with Gasteiger partial charge in [-0.25, -0.2) is 4.68 Å². The predicted octanol–water partition coefficient (Wildman–Crippen LogP) is 2.52. The van der Waals surface area contributed by atoms with Crippen LogP contribution < -0.4 is 4.74 Å². The van der Waals surface area contributed by atoms with Crippen molar-refractivity contribution in [3.05, 3.63) is 23.2 Å². The maximum absolute atomic E-state index is 12.5. The van der Waals surface area contributed by atoms with Crippen LogP contribution in [0.3, 0.4) is 0 Å². The first kappa shape index (κ1) is 14.5. The highest BCUT2D eigenvalue weighted by molar-refractivity contribution is 6.28. The second kappa shape index (κ2) is 5.61. The van der Waals surface area contributed by atoms with Crippen molar-refractivity contribution in [2.24, 2.45) is 0 Å². The van der Waals surface area contributed by atoms with Gasteiger partial charge in [0.1, 0.15) is 0 Å². The fraction of sp³-hybridized carbons (Fsp3) is 0.400. The molecule has 0 bridgehead atoms. The Bertz CT molecular complexity index is 601. The van der Waals surface area contributed by atoms with Crippen molar-refractivity contribution in [1.82, 2.24) is 24.7 Å². The van der Waals surface area contributed by atoms with Gasteiger partial charge in [-0.05, 0) is 24.1 Å². The first-order chi connectivity index (χ1) is 9.40. The third-order valence-electron chi connectivity index (χ3n) is 2.10. The summed E-state index contributed by atoms with van der Waals surface area (Å²) < 4.78 is 43.4. The van der Waals surface area contributed by atoms with Gasteiger partial charge in [0.15, 0.2) is 5.69 Å². The first-order valence-corrected chi connectivity index (χ1v) is 5.95. The number of nitrogens with zero attached hydrogens (tertiary/aromatic N) is 5. The molecule has 20 heavy (non-hydrogen) atoms. The number of aromatic nitrogens is 5. The smallest absolute Gasteiger partial charge is 0.435 e. The molecule has 0 aliphatic carbocycles. The van der Waals surface area contributed by atoms with Crippen LogP contribution in [0.5, 0.6) is 6.01 Å². The van der Waals surface area contributed by atoms with E-state index in [9.17, 15) is 13.2 Å². The van der Waals surface area contributed by atoms with Crippen LogP contribution in [0.15, 0.2) is 12.3 Å². The van der Waals surface area contributed by atoms with Crippen LogP contribution in [0.1, 0.15) is 19.0 Å². The molecule has 0 aliphatic heterocycles. The molecule has 0 atom stereocenters. The van der Waals surface area contributed by atoms with E-state index in [1.165, 1.54) is 0 Å². The van der Waals surface area contributed by atoms with Crippen molar-refractivity contribution in [2.45, 2.75) is 19.5 Å². The van der Waals surface area contributed by atoms with Gasteiger partial charge in [-0.1, -0.05) is 6.92 Å². The Hall–Kier alpha value is -1.90. The molecule has 10 heteroatoms. The molecule has 0 aliphatic rings. The average molecular weight is 308 g/mol. The Morgan fingerprint density at radius 3 is 2.65 bits per heavy atom. The SMILES string of the molecule is CCCOc1nc(Cl)nc(-n2ccc(C(F)(F)F)n2)n1. The van der Waals surface area contributed by atoms with Crippen molar-refractivity contribution < 1.29 is 17.9 Å². The lowest BCUT2D eigenvalue weighted by Crippen LogP contribution is -2.10. The van der Waals surface area contributed by atoms with E-state index < -0.39 is 11.9 Å². The predicted molar refractivity (Wildman–Crippen MR) is 62.7 cm³/mol. The zero-order valence-electron chi connectivity index (χ0n) is 10.2. The summed E-state index contributed by atoms with van der Waals surface area (Å²) in [5.74, 6) is -0.147. The van der Waals surface area contributed by atoms with Crippen LogP contribution in [0.4, 0.5) is 13.2 Å². The molecule has 2 aromatic rings. The molecule has 0 radical (unpaired) electrons. The number of ether oxygens (including phenoxy) is 1. The minimum atomic E-state index is -4.54. The van der Waals surface area contributed by atoms with E-state index in [0.29, 0.717) is 6.61 Å². The van der Waals surface area contributed by atoms with Crippen LogP contribution in [0, 0.1) is 0 Å².